The van der Waals surface area contributed by atoms with Gasteiger partial charge in [0, 0.05) is 25.2 Å². The average Bonchev–Trinajstić information content (AvgIpc) is 2.42. The maximum absolute atomic E-state index is 5.84. The van der Waals surface area contributed by atoms with E-state index in [9.17, 15) is 0 Å². The van der Waals surface area contributed by atoms with Gasteiger partial charge in [-0.2, -0.15) is 0 Å². The Bertz CT molecular complexity index is 247. The van der Waals surface area contributed by atoms with Gasteiger partial charge in [0.05, 0.1) is 12.7 Å². The maximum atomic E-state index is 5.84. The van der Waals surface area contributed by atoms with E-state index in [1.807, 2.05) is 0 Å². The molecule has 3 atom stereocenters. The van der Waals surface area contributed by atoms with Crippen molar-refractivity contribution in [3.63, 3.8) is 0 Å². The van der Waals surface area contributed by atoms with Gasteiger partial charge >= 0.3 is 0 Å². The molecule has 2 aliphatic rings. The minimum absolute atomic E-state index is 0.460. The Hall–Kier alpha value is -0.120. The van der Waals surface area contributed by atoms with E-state index in [-0.39, 0.29) is 0 Å². The fourth-order valence-electron chi connectivity index (χ4n) is 3.69. The van der Waals surface area contributed by atoms with E-state index >= 15 is 0 Å². The number of ether oxygens (including phenoxy) is 1. The molecule has 2 fully saturated rings. The Balaban J connectivity index is 1.98. The van der Waals surface area contributed by atoms with Crippen LogP contribution in [0.1, 0.15) is 58.8 Å². The molecule has 0 bridgehead atoms. The predicted octanol–water partition coefficient (Wildman–Crippen LogP) is 2.80. The van der Waals surface area contributed by atoms with Crippen molar-refractivity contribution in [2.45, 2.75) is 77.0 Å². The van der Waals surface area contributed by atoms with E-state index < -0.39 is 0 Å². The zero-order chi connectivity index (χ0) is 13.5. The van der Waals surface area contributed by atoms with Crippen LogP contribution in [0.5, 0.6) is 0 Å². The second-order valence-corrected chi connectivity index (χ2v) is 6.12. The van der Waals surface area contributed by atoms with E-state index in [0.29, 0.717) is 12.1 Å². The molecular weight excluding hydrogens is 236 g/mol. The van der Waals surface area contributed by atoms with Crippen LogP contribution < -0.4 is 5.32 Å². The van der Waals surface area contributed by atoms with Crippen LogP contribution in [0.15, 0.2) is 0 Å². The molecule has 1 saturated carbocycles. The second-order valence-electron chi connectivity index (χ2n) is 6.12. The molecule has 1 aliphatic carbocycles. The lowest BCUT2D eigenvalue weighted by Crippen LogP contribution is -2.55. The fourth-order valence-corrected chi connectivity index (χ4v) is 3.69. The highest BCUT2D eigenvalue weighted by Gasteiger charge is 2.31. The molecule has 1 N–H and O–H groups in total. The summed E-state index contributed by atoms with van der Waals surface area (Å²) in [5.74, 6) is 0. The van der Waals surface area contributed by atoms with Gasteiger partial charge in [-0.3, -0.25) is 4.90 Å². The van der Waals surface area contributed by atoms with Crippen molar-refractivity contribution in [1.82, 2.24) is 10.2 Å². The summed E-state index contributed by atoms with van der Waals surface area (Å²) in [5.41, 5.74) is 0. The van der Waals surface area contributed by atoms with Crippen molar-refractivity contribution in [1.29, 1.82) is 0 Å². The van der Waals surface area contributed by atoms with E-state index in [0.717, 1.165) is 38.7 Å². The van der Waals surface area contributed by atoms with Crippen LogP contribution in [-0.4, -0.2) is 49.3 Å². The Kier molecular flexibility index (Phi) is 6.62. The Morgan fingerprint density at radius 3 is 2.63 bits per heavy atom. The van der Waals surface area contributed by atoms with Crippen LogP contribution in [0.4, 0.5) is 0 Å². The van der Waals surface area contributed by atoms with Crippen molar-refractivity contribution in [3.8, 4) is 0 Å². The van der Waals surface area contributed by atoms with Crippen molar-refractivity contribution >= 4 is 0 Å². The molecule has 1 heterocycles. The number of nitrogens with zero attached hydrogens (tertiary/aromatic N) is 1. The van der Waals surface area contributed by atoms with Gasteiger partial charge in [0.15, 0.2) is 0 Å². The van der Waals surface area contributed by atoms with E-state index in [2.05, 4.69) is 24.1 Å². The van der Waals surface area contributed by atoms with Crippen LogP contribution in [0.3, 0.4) is 0 Å². The zero-order valence-corrected chi connectivity index (χ0v) is 12.9. The lowest BCUT2D eigenvalue weighted by Gasteiger charge is -2.42. The number of morpholine rings is 1. The summed E-state index contributed by atoms with van der Waals surface area (Å²) in [6.45, 7) is 8.78. The summed E-state index contributed by atoms with van der Waals surface area (Å²) >= 11 is 0. The molecule has 19 heavy (non-hydrogen) atoms. The van der Waals surface area contributed by atoms with Gasteiger partial charge in [-0.05, 0) is 25.8 Å². The Morgan fingerprint density at radius 2 is 1.89 bits per heavy atom. The highest BCUT2D eigenvalue weighted by Crippen LogP contribution is 2.24. The van der Waals surface area contributed by atoms with Crippen molar-refractivity contribution < 1.29 is 4.74 Å². The maximum Gasteiger partial charge on any atom is 0.0700 e. The van der Waals surface area contributed by atoms with E-state index in [1.54, 1.807) is 0 Å². The van der Waals surface area contributed by atoms with Gasteiger partial charge in [0.2, 0.25) is 0 Å². The first-order valence-corrected chi connectivity index (χ1v) is 8.44. The number of hydrogen-bond acceptors (Lipinski definition) is 3. The Labute approximate surface area is 119 Å². The molecular formula is C16H32N2O. The number of likely N-dealkylation sites (N-methyl/N-ethyl adjacent to an activating group) is 1. The quantitative estimate of drug-likeness (QED) is 0.848. The third-order valence-electron chi connectivity index (χ3n) is 4.79. The van der Waals surface area contributed by atoms with E-state index in [4.69, 9.17) is 4.74 Å². The second kappa shape index (κ2) is 8.23. The molecule has 0 aromatic rings. The smallest absolute Gasteiger partial charge is 0.0700 e. The van der Waals surface area contributed by atoms with Gasteiger partial charge in [0.25, 0.3) is 0 Å². The fraction of sp³-hybridized carbons (Fsp3) is 1.00. The standard InChI is InChI=1S/C16H32N2O/c1-3-14-13-18(11-12-19-14)16-10-8-6-5-7-9-15(16)17-4-2/h14-17H,3-13H2,1-2H3. The summed E-state index contributed by atoms with van der Waals surface area (Å²) in [7, 11) is 0. The highest BCUT2D eigenvalue weighted by molar-refractivity contribution is 4.88. The van der Waals surface area contributed by atoms with Gasteiger partial charge in [-0.25, -0.2) is 0 Å². The molecule has 1 aliphatic heterocycles. The number of nitrogens with one attached hydrogen (secondary N) is 1. The first kappa shape index (κ1) is 15.3. The van der Waals surface area contributed by atoms with Crippen LogP contribution in [0, 0.1) is 0 Å². The summed E-state index contributed by atoms with van der Waals surface area (Å²) in [4.78, 5) is 2.72. The molecule has 3 nitrogen and oxygen atoms in total. The van der Waals surface area contributed by atoms with Crippen LogP contribution in [-0.2, 0) is 4.74 Å². The Morgan fingerprint density at radius 1 is 1.11 bits per heavy atom. The number of hydrogen-bond donors (Lipinski definition) is 1. The normalized spacial score (nSPS) is 34.7. The minimum atomic E-state index is 0.460. The van der Waals surface area contributed by atoms with Crippen molar-refractivity contribution in [2.24, 2.45) is 0 Å². The van der Waals surface area contributed by atoms with Gasteiger partial charge in [-0.15, -0.1) is 0 Å². The first-order chi connectivity index (χ1) is 9.35. The number of rotatable bonds is 4. The summed E-state index contributed by atoms with van der Waals surface area (Å²) in [6, 6.07) is 1.43. The van der Waals surface area contributed by atoms with Gasteiger partial charge in [-0.1, -0.05) is 39.5 Å². The molecule has 0 aromatic heterocycles. The molecule has 2 rings (SSSR count). The molecule has 3 unspecified atom stereocenters. The molecule has 0 spiro atoms. The summed E-state index contributed by atoms with van der Waals surface area (Å²) < 4.78 is 5.84. The van der Waals surface area contributed by atoms with Crippen molar-refractivity contribution in [2.75, 3.05) is 26.2 Å². The topological polar surface area (TPSA) is 24.5 Å². The molecule has 3 heteroatoms. The largest absolute Gasteiger partial charge is 0.376 e. The van der Waals surface area contributed by atoms with Gasteiger partial charge in [0.1, 0.15) is 0 Å². The monoisotopic (exact) mass is 268 g/mol. The molecule has 112 valence electrons. The summed E-state index contributed by atoms with van der Waals surface area (Å²) in [6.07, 6.45) is 9.99. The molecule has 0 aromatic carbocycles. The lowest BCUT2D eigenvalue weighted by molar-refractivity contribution is -0.0522. The molecule has 1 saturated heterocycles. The SMILES string of the molecule is CCNC1CCCCCCC1N1CCOC(CC)C1. The van der Waals surface area contributed by atoms with Crippen LogP contribution >= 0.6 is 0 Å². The highest BCUT2D eigenvalue weighted by atomic mass is 16.5. The van der Waals surface area contributed by atoms with Gasteiger partial charge < -0.3 is 10.1 Å². The first-order valence-electron chi connectivity index (χ1n) is 8.44. The minimum Gasteiger partial charge on any atom is -0.376 e. The lowest BCUT2D eigenvalue weighted by atomic mass is 9.90. The summed E-state index contributed by atoms with van der Waals surface area (Å²) in [5, 5.41) is 3.75. The van der Waals surface area contributed by atoms with Crippen molar-refractivity contribution in [3.05, 3.63) is 0 Å². The zero-order valence-electron chi connectivity index (χ0n) is 12.9. The van der Waals surface area contributed by atoms with Crippen LogP contribution in [0.2, 0.25) is 0 Å². The third-order valence-corrected chi connectivity index (χ3v) is 4.79. The van der Waals surface area contributed by atoms with Crippen LogP contribution in [0.25, 0.3) is 0 Å². The average molecular weight is 268 g/mol. The van der Waals surface area contributed by atoms with E-state index in [1.165, 1.54) is 38.5 Å². The molecule has 0 radical (unpaired) electrons. The third kappa shape index (κ3) is 4.44. The molecule has 0 amide bonds. The predicted molar refractivity (Wildman–Crippen MR) is 80.6 cm³/mol.